The van der Waals surface area contributed by atoms with E-state index >= 15 is 0 Å². The average molecular weight is 286 g/mol. The third-order valence-corrected chi connectivity index (χ3v) is 2.88. The number of aromatic carboxylic acids is 1. The Hall–Kier alpha value is -1.75. The van der Waals surface area contributed by atoms with Crippen LogP contribution in [0.3, 0.4) is 0 Å². The predicted molar refractivity (Wildman–Crippen MR) is 71.8 cm³/mol. The fourth-order valence-corrected chi connectivity index (χ4v) is 1.76. The number of rotatable bonds is 6. The lowest BCUT2D eigenvalue weighted by atomic mass is 10.2. The van der Waals surface area contributed by atoms with Crippen molar-refractivity contribution in [1.29, 1.82) is 0 Å². The van der Waals surface area contributed by atoms with Crippen molar-refractivity contribution in [2.24, 2.45) is 0 Å². The standard InChI is InChI=1S/C13H16ClNO4/c1-3-15(4-2)12(16)8-19-11-7-9(14)5-6-10(11)13(17)18/h5-7H,3-4,8H2,1-2H3,(H,17,18). The van der Waals surface area contributed by atoms with Crippen LogP contribution < -0.4 is 4.74 Å². The van der Waals surface area contributed by atoms with Gasteiger partial charge in [0.25, 0.3) is 5.91 Å². The van der Waals surface area contributed by atoms with Crippen LogP contribution in [0.25, 0.3) is 0 Å². The Morgan fingerprint density at radius 1 is 1.32 bits per heavy atom. The van der Waals surface area contributed by atoms with Crippen molar-refractivity contribution in [3.05, 3.63) is 28.8 Å². The smallest absolute Gasteiger partial charge is 0.339 e. The molecule has 0 unspecified atom stereocenters. The van der Waals surface area contributed by atoms with Gasteiger partial charge in [0.2, 0.25) is 0 Å². The molecule has 5 nitrogen and oxygen atoms in total. The molecule has 1 amide bonds. The molecule has 0 aliphatic rings. The highest BCUT2D eigenvalue weighted by atomic mass is 35.5. The maximum Gasteiger partial charge on any atom is 0.339 e. The third kappa shape index (κ3) is 4.13. The summed E-state index contributed by atoms with van der Waals surface area (Å²) in [5, 5.41) is 9.36. The van der Waals surface area contributed by atoms with Gasteiger partial charge in [0, 0.05) is 18.1 Å². The Balaban J connectivity index is 2.79. The van der Waals surface area contributed by atoms with E-state index in [9.17, 15) is 9.59 Å². The summed E-state index contributed by atoms with van der Waals surface area (Å²) in [6.07, 6.45) is 0. The van der Waals surface area contributed by atoms with Gasteiger partial charge in [-0.15, -0.1) is 0 Å². The maximum absolute atomic E-state index is 11.8. The molecule has 0 heterocycles. The number of nitrogens with zero attached hydrogens (tertiary/aromatic N) is 1. The summed E-state index contributed by atoms with van der Waals surface area (Å²) in [5.41, 5.74) is -0.0169. The zero-order valence-electron chi connectivity index (χ0n) is 10.9. The summed E-state index contributed by atoms with van der Waals surface area (Å²) in [4.78, 5) is 24.4. The van der Waals surface area contributed by atoms with E-state index in [1.165, 1.54) is 18.2 Å². The Morgan fingerprint density at radius 2 is 1.95 bits per heavy atom. The second-order valence-corrected chi connectivity index (χ2v) is 4.24. The lowest BCUT2D eigenvalue weighted by Crippen LogP contribution is -2.34. The average Bonchev–Trinajstić information content (AvgIpc) is 2.37. The first-order chi connectivity index (χ1) is 8.99. The Bertz CT molecular complexity index is 472. The maximum atomic E-state index is 11.8. The van der Waals surface area contributed by atoms with Crippen molar-refractivity contribution in [3.63, 3.8) is 0 Å². The van der Waals surface area contributed by atoms with Crippen molar-refractivity contribution in [2.75, 3.05) is 19.7 Å². The van der Waals surface area contributed by atoms with Gasteiger partial charge in [-0.2, -0.15) is 0 Å². The van der Waals surface area contributed by atoms with Gasteiger partial charge in [-0.05, 0) is 32.0 Å². The van der Waals surface area contributed by atoms with Crippen LogP contribution in [0.1, 0.15) is 24.2 Å². The third-order valence-electron chi connectivity index (χ3n) is 2.64. The molecule has 104 valence electrons. The monoisotopic (exact) mass is 285 g/mol. The molecule has 1 aromatic rings. The predicted octanol–water partition coefficient (Wildman–Crippen LogP) is 2.29. The number of amides is 1. The van der Waals surface area contributed by atoms with E-state index in [4.69, 9.17) is 21.4 Å². The highest BCUT2D eigenvalue weighted by Crippen LogP contribution is 2.23. The minimum Gasteiger partial charge on any atom is -0.483 e. The van der Waals surface area contributed by atoms with Gasteiger partial charge in [0.05, 0.1) is 0 Å². The van der Waals surface area contributed by atoms with Crippen LogP contribution in [-0.4, -0.2) is 41.6 Å². The minimum absolute atomic E-state index is 0.0169. The molecule has 0 spiro atoms. The second kappa shape index (κ2) is 6.99. The number of halogens is 1. The van der Waals surface area contributed by atoms with Gasteiger partial charge in [0.15, 0.2) is 6.61 Å². The first-order valence-electron chi connectivity index (χ1n) is 5.93. The molecule has 1 N–H and O–H groups in total. The summed E-state index contributed by atoms with van der Waals surface area (Å²) in [7, 11) is 0. The highest BCUT2D eigenvalue weighted by Gasteiger charge is 2.15. The van der Waals surface area contributed by atoms with E-state index in [2.05, 4.69) is 0 Å². The van der Waals surface area contributed by atoms with Crippen LogP contribution in [-0.2, 0) is 4.79 Å². The Morgan fingerprint density at radius 3 is 2.47 bits per heavy atom. The summed E-state index contributed by atoms with van der Waals surface area (Å²) >= 11 is 5.79. The van der Waals surface area contributed by atoms with Crippen LogP contribution >= 0.6 is 11.6 Å². The van der Waals surface area contributed by atoms with Crippen molar-refractivity contribution < 1.29 is 19.4 Å². The van der Waals surface area contributed by atoms with E-state index in [-0.39, 0.29) is 23.8 Å². The van der Waals surface area contributed by atoms with Gasteiger partial charge in [0.1, 0.15) is 11.3 Å². The molecule has 0 atom stereocenters. The SMILES string of the molecule is CCN(CC)C(=O)COc1cc(Cl)ccc1C(=O)O. The fraction of sp³-hybridized carbons (Fsp3) is 0.385. The van der Waals surface area contributed by atoms with Crippen LogP contribution in [0, 0.1) is 0 Å². The number of carbonyl (C=O) groups is 2. The number of carbonyl (C=O) groups excluding carboxylic acids is 1. The zero-order chi connectivity index (χ0) is 14.4. The summed E-state index contributed by atoms with van der Waals surface area (Å²) in [5.74, 6) is -1.22. The molecule has 0 bridgehead atoms. The van der Waals surface area contributed by atoms with Crippen LogP contribution in [0.5, 0.6) is 5.75 Å². The molecular formula is C13H16ClNO4. The number of carboxylic acid groups (broad SMARTS) is 1. The summed E-state index contributed by atoms with van der Waals surface area (Å²) in [6, 6.07) is 4.20. The fourth-order valence-electron chi connectivity index (χ4n) is 1.60. The van der Waals surface area contributed by atoms with Gasteiger partial charge in [-0.25, -0.2) is 4.79 Å². The van der Waals surface area contributed by atoms with E-state index < -0.39 is 5.97 Å². The highest BCUT2D eigenvalue weighted by molar-refractivity contribution is 6.30. The normalized spacial score (nSPS) is 10.1. The molecule has 0 radical (unpaired) electrons. The second-order valence-electron chi connectivity index (χ2n) is 3.80. The van der Waals surface area contributed by atoms with Gasteiger partial charge in [-0.3, -0.25) is 4.79 Å². The molecule has 0 aliphatic carbocycles. The number of benzene rings is 1. The van der Waals surface area contributed by atoms with E-state index in [0.717, 1.165) is 0 Å². The van der Waals surface area contributed by atoms with Crippen LogP contribution in [0.15, 0.2) is 18.2 Å². The first-order valence-corrected chi connectivity index (χ1v) is 6.30. The Kier molecular flexibility index (Phi) is 5.63. The first kappa shape index (κ1) is 15.3. The molecule has 0 aliphatic heterocycles. The van der Waals surface area contributed by atoms with Crippen molar-refractivity contribution >= 4 is 23.5 Å². The van der Waals surface area contributed by atoms with E-state index in [1.807, 2.05) is 13.8 Å². The molecular weight excluding hydrogens is 270 g/mol. The zero-order valence-corrected chi connectivity index (χ0v) is 11.6. The molecule has 1 rings (SSSR count). The number of carboxylic acids is 1. The molecule has 19 heavy (non-hydrogen) atoms. The lowest BCUT2D eigenvalue weighted by Gasteiger charge is -2.19. The molecule has 0 fully saturated rings. The van der Waals surface area contributed by atoms with Crippen LogP contribution in [0.2, 0.25) is 5.02 Å². The number of likely N-dealkylation sites (N-methyl/N-ethyl adjacent to an activating group) is 1. The number of ether oxygens (including phenoxy) is 1. The quantitative estimate of drug-likeness (QED) is 0.871. The molecule has 1 aromatic carbocycles. The molecule has 0 aromatic heterocycles. The Labute approximate surface area is 116 Å². The summed E-state index contributed by atoms with van der Waals surface area (Å²) in [6.45, 7) is 4.69. The number of hydrogen-bond acceptors (Lipinski definition) is 3. The lowest BCUT2D eigenvalue weighted by molar-refractivity contribution is -0.132. The van der Waals surface area contributed by atoms with Crippen molar-refractivity contribution in [3.8, 4) is 5.75 Å². The van der Waals surface area contributed by atoms with Gasteiger partial charge < -0.3 is 14.7 Å². The molecule has 0 saturated carbocycles. The van der Waals surface area contributed by atoms with Crippen molar-refractivity contribution in [1.82, 2.24) is 4.90 Å². The van der Waals surface area contributed by atoms with E-state index in [0.29, 0.717) is 18.1 Å². The minimum atomic E-state index is -1.12. The van der Waals surface area contributed by atoms with Crippen LogP contribution in [0.4, 0.5) is 0 Å². The van der Waals surface area contributed by atoms with Gasteiger partial charge in [-0.1, -0.05) is 11.6 Å². The molecule has 0 saturated heterocycles. The van der Waals surface area contributed by atoms with Gasteiger partial charge >= 0.3 is 5.97 Å². The largest absolute Gasteiger partial charge is 0.483 e. The molecule has 6 heteroatoms. The van der Waals surface area contributed by atoms with E-state index in [1.54, 1.807) is 4.90 Å². The topological polar surface area (TPSA) is 66.8 Å². The summed E-state index contributed by atoms with van der Waals surface area (Å²) < 4.78 is 5.27. The number of hydrogen-bond donors (Lipinski definition) is 1. The van der Waals surface area contributed by atoms with Crippen molar-refractivity contribution in [2.45, 2.75) is 13.8 Å².